The molecule has 0 bridgehead atoms. The van der Waals surface area contributed by atoms with Crippen LogP contribution in [0.5, 0.6) is 0 Å². The van der Waals surface area contributed by atoms with Gasteiger partial charge in [-0.1, -0.05) is 41.6 Å². The van der Waals surface area contributed by atoms with E-state index in [1.165, 1.54) is 25.8 Å². The summed E-state index contributed by atoms with van der Waals surface area (Å²) in [5.41, 5.74) is 2.48. The molecular formula is C24H22N2O6. The van der Waals surface area contributed by atoms with Crippen LogP contribution in [0.1, 0.15) is 22.3 Å². The third kappa shape index (κ3) is 4.76. The summed E-state index contributed by atoms with van der Waals surface area (Å²) in [6.45, 7) is 0.344. The van der Waals surface area contributed by atoms with Crippen LogP contribution < -0.4 is 0 Å². The highest BCUT2D eigenvalue weighted by molar-refractivity contribution is 5.91. The first kappa shape index (κ1) is 21.5. The lowest BCUT2D eigenvalue weighted by atomic mass is 9.83. The quantitative estimate of drug-likeness (QED) is 0.285. The number of allylic oxidation sites excluding steroid dienone is 1. The van der Waals surface area contributed by atoms with Gasteiger partial charge in [-0.3, -0.25) is 4.98 Å². The summed E-state index contributed by atoms with van der Waals surface area (Å²) in [5.74, 6) is -1.56. The summed E-state index contributed by atoms with van der Waals surface area (Å²) in [6, 6.07) is 12.9. The second-order valence-corrected chi connectivity index (χ2v) is 7.29. The van der Waals surface area contributed by atoms with Crippen molar-refractivity contribution in [3.8, 4) is 0 Å². The van der Waals surface area contributed by atoms with E-state index in [1.54, 1.807) is 18.3 Å². The average molecular weight is 434 g/mol. The van der Waals surface area contributed by atoms with Gasteiger partial charge in [-0.05, 0) is 29.7 Å². The fourth-order valence-electron chi connectivity index (χ4n) is 3.78. The van der Waals surface area contributed by atoms with Crippen molar-refractivity contribution >= 4 is 18.2 Å². The van der Waals surface area contributed by atoms with E-state index in [1.807, 2.05) is 36.4 Å². The first-order valence-corrected chi connectivity index (χ1v) is 10.1. The van der Waals surface area contributed by atoms with E-state index in [2.05, 4.69) is 10.1 Å². The van der Waals surface area contributed by atoms with Crippen molar-refractivity contribution in [3.63, 3.8) is 0 Å². The van der Waals surface area contributed by atoms with Crippen LogP contribution in [0.3, 0.4) is 0 Å². The Hall–Kier alpha value is -3.78. The number of nitrogens with zero attached hydrogens (tertiary/aromatic N) is 2. The highest BCUT2D eigenvalue weighted by atomic mass is 16.7. The van der Waals surface area contributed by atoms with Crippen LogP contribution in [0.15, 0.2) is 83.5 Å². The SMILES string of the molecule is COC(=O)C1=CO[C@@H](OCc2ccccc2)[C@@H]2C(C=NOC(=O)c3cccnc3)=CC[C@H]12. The van der Waals surface area contributed by atoms with Crippen molar-refractivity contribution in [2.45, 2.75) is 19.3 Å². The van der Waals surface area contributed by atoms with E-state index < -0.39 is 18.2 Å². The summed E-state index contributed by atoms with van der Waals surface area (Å²) in [4.78, 5) is 33.2. The van der Waals surface area contributed by atoms with E-state index in [-0.39, 0.29) is 11.8 Å². The lowest BCUT2D eigenvalue weighted by molar-refractivity contribution is -0.159. The number of benzene rings is 1. The molecule has 164 valence electrons. The Morgan fingerprint density at radius 1 is 1.19 bits per heavy atom. The number of carbonyl (C=O) groups is 2. The zero-order valence-electron chi connectivity index (χ0n) is 17.4. The van der Waals surface area contributed by atoms with E-state index in [4.69, 9.17) is 19.0 Å². The molecule has 0 spiro atoms. The smallest absolute Gasteiger partial charge is 0.367 e. The summed E-state index contributed by atoms with van der Waals surface area (Å²) in [6.07, 6.45) is 7.72. The third-order valence-electron chi connectivity index (χ3n) is 5.36. The number of esters is 1. The second-order valence-electron chi connectivity index (χ2n) is 7.29. The van der Waals surface area contributed by atoms with E-state index in [0.29, 0.717) is 24.2 Å². The van der Waals surface area contributed by atoms with Gasteiger partial charge >= 0.3 is 11.9 Å². The number of fused-ring (bicyclic) bond motifs is 1. The van der Waals surface area contributed by atoms with Crippen molar-refractivity contribution in [1.29, 1.82) is 0 Å². The summed E-state index contributed by atoms with van der Waals surface area (Å²) in [5, 5.41) is 3.85. The molecule has 2 heterocycles. The molecule has 8 heteroatoms. The molecule has 0 unspecified atom stereocenters. The van der Waals surface area contributed by atoms with Gasteiger partial charge in [0.2, 0.25) is 6.29 Å². The Morgan fingerprint density at radius 2 is 2.03 bits per heavy atom. The fraction of sp³-hybridized carbons (Fsp3) is 0.250. The summed E-state index contributed by atoms with van der Waals surface area (Å²) >= 11 is 0. The van der Waals surface area contributed by atoms with E-state index in [9.17, 15) is 9.59 Å². The Morgan fingerprint density at radius 3 is 2.78 bits per heavy atom. The van der Waals surface area contributed by atoms with Gasteiger partial charge in [0.15, 0.2) is 0 Å². The molecule has 0 saturated heterocycles. The van der Waals surface area contributed by atoms with Crippen LogP contribution >= 0.6 is 0 Å². The van der Waals surface area contributed by atoms with Crippen molar-refractivity contribution in [1.82, 2.24) is 4.98 Å². The van der Waals surface area contributed by atoms with Crippen LogP contribution in [0, 0.1) is 11.8 Å². The van der Waals surface area contributed by atoms with Crippen molar-refractivity contribution < 1.29 is 28.6 Å². The second kappa shape index (κ2) is 10.0. The number of pyridine rings is 1. The van der Waals surface area contributed by atoms with Crippen molar-refractivity contribution in [2.75, 3.05) is 7.11 Å². The first-order chi connectivity index (χ1) is 15.7. The van der Waals surface area contributed by atoms with Gasteiger partial charge in [0.25, 0.3) is 0 Å². The molecule has 8 nitrogen and oxygen atoms in total. The van der Waals surface area contributed by atoms with Crippen molar-refractivity contribution in [3.05, 3.63) is 89.5 Å². The molecule has 1 aliphatic carbocycles. The maximum Gasteiger partial charge on any atom is 0.367 e. The molecule has 0 radical (unpaired) electrons. The van der Waals surface area contributed by atoms with E-state index >= 15 is 0 Å². The minimum Gasteiger partial charge on any atom is -0.471 e. The van der Waals surface area contributed by atoms with Crippen LogP contribution in [0.2, 0.25) is 0 Å². The van der Waals surface area contributed by atoms with Gasteiger partial charge in [0.05, 0.1) is 43.2 Å². The predicted molar refractivity (Wildman–Crippen MR) is 114 cm³/mol. The highest BCUT2D eigenvalue weighted by Crippen LogP contribution is 2.43. The Balaban J connectivity index is 1.48. The number of carbonyl (C=O) groups excluding carboxylic acids is 2. The van der Waals surface area contributed by atoms with Crippen molar-refractivity contribution in [2.24, 2.45) is 17.0 Å². The normalized spacial score (nSPS) is 21.8. The molecule has 1 aromatic heterocycles. The topological polar surface area (TPSA) is 96.3 Å². The van der Waals surface area contributed by atoms with Gasteiger partial charge in [0, 0.05) is 18.3 Å². The van der Waals surface area contributed by atoms with Gasteiger partial charge in [-0.2, -0.15) is 0 Å². The Labute approximate surface area is 185 Å². The molecule has 1 aliphatic heterocycles. The summed E-state index contributed by atoms with van der Waals surface area (Å²) < 4.78 is 16.7. The molecule has 2 aromatic rings. The monoisotopic (exact) mass is 434 g/mol. The molecule has 0 N–H and O–H groups in total. The number of hydrogen-bond donors (Lipinski definition) is 0. The molecular weight excluding hydrogens is 412 g/mol. The Bertz CT molecular complexity index is 1050. The largest absolute Gasteiger partial charge is 0.471 e. The van der Waals surface area contributed by atoms with Gasteiger partial charge in [-0.15, -0.1) is 0 Å². The molecule has 0 amide bonds. The van der Waals surface area contributed by atoms with Gasteiger partial charge in [-0.25, -0.2) is 9.59 Å². The lowest BCUT2D eigenvalue weighted by Gasteiger charge is -2.34. The van der Waals surface area contributed by atoms with Crippen LogP contribution in [-0.2, 0) is 30.4 Å². The Kier molecular flexibility index (Phi) is 6.72. The van der Waals surface area contributed by atoms with Gasteiger partial charge in [0.1, 0.15) is 0 Å². The zero-order valence-corrected chi connectivity index (χ0v) is 17.4. The third-order valence-corrected chi connectivity index (χ3v) is 5.36. The maximum atomic E-state index is 12.2. The molecule has 32 heavy (non-hydrogen) atoms. The molecule has 0 fully saturated rings. The number of aromatic nitrogens is 1. The summed E-state index contributed by atoms with van der Waals surface area (Å²) in [7, 11) is 1.33. The number of ether oxygens (including phenoxy) is 3. The molecule has 0 saturated carbocycles. The minimum atomic E-state index is -0.636. The van der Waals surface area contributed by atoms with Crippen LogP contribution in [-0.4, -0.2) is 36.5 Å². The van der Waals surface area contributed by atoms with Gasteiger partial charge < -0.3 is 19.0 Å². The fourth-order valence-corrected chi connectivity index (χ4v) is 3.78. The maximum absolute atomic E-state index is 12.2. The standard InChI is InChI=1S/C24H22N2O6/c1-29-23(28)20-15-31-24(30-14-16-6-3-2-4-7-16)21-17(9-10-19(20)21)13-26-32-22(27)18-8-5-11-25-12-18/h2-9,11-13,15,19,21,24H,10,14H2,1H3/t19-,21-,24-/m1/s1. The highest BCUT2D eigenvalue weighted by Gasteiger charge is 2.44. The van der Waals surface area contributed by atoms with E-state index in [0.717, 1.165) is 11.1 Å². The zero-order chi connectivity index (χ0) is 22.3. The number of oxime groups is 1. The number of methoxy groups -OCH3 is 1. The number of hydrogen-bond acceptors (Lipinski definition) is 8. The van der Waals surface area contributed by atoms with Crippen LogP contribution in [0.4, 0.5) is 0 Å². The molecule has 3 atom stereocenters. The average Bonchev–Trinajstić information content (AvgIpc) is 3.27. The number of rotatable bonds is 7. The predicted octanol–water partition coefficient (Wildman–Crippen LogP) is 3.42. The van der Waals surface area contributed by atoms with Crippen LogP contribution in [0.25, 0.3) is 0 Å². The lowest BCUT2D eigenvalue weighted by Crippen LogP contribution is -2.37. The molecule has 2 aliphatic rings. The first-order valence-electron chi connectivity index (χ1n) is 10.1. The minimum absolute atomic E-state index is 0.188. The molecule has 1 aromatic carbocycles. The molecule has 4 rings (SSSR count).